The Morgan fingerprint density at radius 2 is 1.52 bits per heavy atom. The van der Waals surface area contributed by atoms with Crippen molar-refractivity contribution in [1.29, 1.82) is 0 Å². The van der Waals surface area contributed by atoms with Gasteiger partial charge in [0.05, 0.1) is 6.54 Å². The van der Waals surface area contributed by atoms with E-state index in [9.17, 15) is 9.90 Å². The second-order valence-corrected chi connectivity index (χ2v) is 8.72. The zero-order valence-electron chi connectivity index (χ0n) is 18.2. The lowest BCUT2D eigenvalue weighted by molar-refractivity contribution is -0.151. The zero-order chi connectivity index (χ0) is 20.3. The molecule has 1 aliphatic carbocycles. The van der Waals surface area contributed by atoms with Crippen LogP contribution in [0, 0.1) is 12.8 Å². The van der Waals surface area contributed by atoms with Gasteiger partial charge < -0.3 is 5.11 Å². The van der Waals surface area contributed by atoms with Gasteiger partial charge in [0.2, 0.25) is 0 Å². The lowest BCUT2D eigenvalue weighted by atomic mass is 9.67. The first-order valence-corrected chi connectivity index (χ1v) is 10.9. The number of hydrogen-bond donors (Lipinski definition) is 1. The Morgan fingerprint density at radius 3 is 2.06 bits per heavy atom. The van der Waals surface area contributed by atoms with E-state index in [2.05, 4.69) is 41.0 Å². The maximum atomic E-state index is 13.3. The number of rotatable bonds is 7. The number of halogens is 2. The smallest absolute Gasteiger partial charge is 0.183 e. The number of hydrogen-bond acceptors (Lipinski definition) is 4. The summed E-state index contributed by atoms with van der Waals surface area (Å²) in [6.45, 7) is 7.04. The number of carbonyl (C=O) groups is 1. The summed E-state index contributed by atoms with van der Waals surface area (Å²) >= 11 is 0. The third-order valence-electron chi connectivity index (χ3n) is 6.69. The summed E-state index contributed by atoms with van der Waals surface area (Å²) in [6, 6.07) is 18.3. The van der Waals surface area contributed by atoms with Crippen LogP contribution in [0.2, 0.25) is 0 Å². The Kier molecular flexibility index (Phi) is 9.53. The van der Waals surface area contributed by atoms with Crippen LogP contribution in [-0.2, 0) is 16.9 Å². The largest absolute Gasteiger partial charge is 0.377 e. The maximum absolute atomic E-state index is 13.3. The average molecular weight is 465 g/mol. The molecular formula is C25H34Cl2N2O2. The molecule has 31 heavy (non-hydrogen) atoms. The molecule has 1 heterocycles. The summed E-state index contributed by atoms with van der Waals surface area (Å²) in [5.74, 6) is 0.0145. The molecule has 170 valence electrons. The van der Waals surface area contributed by atoms with Crippen LogP contribution in [0.1, 0.15) is 36.0 Å². The molecule has 0 radical (unpaired) electrons. The Hall–Kier alpha value is -1.43. The molecule has 0 amide bonds. The molecule has 0 aromatic heterocycles. The van der Waals surface area contributed by atoms with Crippen LogP contribution in [0.5, 0.6) is 0 Å². The normalized spacial score (nSPS) is 19.4. The Labute approximate surface area is 198 Å². The van der Waals surface area contributed by atoms with Crippen molar-refractivity contribution in [2.45, 2.75) is 38.3 Å². The first-order valence-electron chi connectivity index (χ1n) is 10.9. The lowest BCUT2D eigenvalue weighted by Crippen LogP contribution is -2.53. The molecule has 2 fully saturated rings. The van der Waals surface area contributed by atoms with Crippen LogP contribution in [0.25, 0.3) is 0 Å². The third-order valence-corrected chi connectivity index (χ3v) is 6.69. The monoisotopic (exact) mass is 464 g/mol. The Bertz CT molecular complexity index is 819. The number of carbonyl (C=O) groups excluding carboxylic acids is 1. The molecule has 1 saturated carbocycles. The number of piperazine rings is 1. The van der Waals surface area contributed by atoms with Gasteiger partial charge in [-0.15, -0.1) is 24.8 Å². The van der Waals surface area contributed by atoms with Gasteiger partial charge in [0, 0.05) is 32.7 Å². The highest BCUT2D eigenvalue weighted by Crippen LogP contribution is 2.43. The number of ketones is 1. The summed E-state index contributed by atoms with van der Waals surface area (Å²) in [5.41, 5.74) is 2.05. The summed E-state index contributed by atoms with van der Waals surface area (Å²) in [4.78, 5) is 17.9. The first kappa shape index (κ1) is 25.8. The van der Waals surface area contributed by atoms with Crippen molar-refractivity contribution >= 4 is 30.6 Å². The second-order valence-electron chi connectivity index (χ2n) is 8.72. The van der Waals surface area contributed by atoms with Gasteiger partial charge in [0.15, 0.2) is 11.4 Å². The standard InChI is InChI=1S/C25H32N2O2.2ClH/c1-20-10-12-21(13-11-20)18-26-14-16-27(17-15-26)19-24(28)25(29,23-8-5-9-23)22-6-3-2-4-7-22;;/h2-4,6-7,10-13,23,29H,5,8-9,14-19H2,1H3;2*1H. The fourth-order valence-corrected chi connectivity index (χ4v) is 4.52. The minimum absolute atomic E-state index is 0. The van der Waals surface area contributed by atoms with Crippen LogP contribution >= 0.6 is 24.8 Å². The summed E-state index contributed by atoms with van der Waals surface area (Å²) in [5, 5.41) is 11.5. The molecule has 6 heteroatoms. The van der Waals surface area contributed by atoms with Gasteiger partial charge in [0.1, 0.15) is 0 Å². The fourth-order valence-electron chi connectivity index (χ4n) is 4.52. The molecule has 4 rings (SSSR count). The minimum Gasteiger partial charge on any atom is -0.377 e. The van der Waals surface area contributed by atoms with E-state index in [0.717, 1.165) is 57.5 Å². The van der Waals surface area contributed by atoms with Crippen LogP contribution in [-0.4, -0.2) is 53.4 Å². The molecule has 2 aromatic carbocycles. The van der Waals surface area contributed by atoms with E-state index in [1.54, 1.807) is 0 Å². The number of aryl methyl sites for hydroxylation is 1. The van der Waals surface area contributed by atoms with Crippen molar-refractivity contribution in [3.8, 4) is 0 Å². The van der Waals surface area contributed by atoms with Crippen molar-refractivity contribution in [3.05, 3.63) is 71.3 Å². The second kappa shape index (κ2) is 11.4. The summed E-state index contributed by atoms with van der Waals surface area (Å²) in [6.07, 6.45) is 2.97. The summed E-state index contributed by atoms with van der Waals surface area (Å²) < 4.78 is 0. The molecule has 0 spiro atoms. The van der Waals surface area contributed by atoms with Gasteiger partial charge in [-0.3, -0.25) is 14.6 Å². The summed E-state index contributed by atoms with van der Waals surface area (Å²) in [7, 11) is 0. The molecule has 1 unspecified atom stereocenters. The molecule has 1 aliphatic heterocycles. The van der Waals surface area contributed by atoms with Crippen LogP contribution in [0.3, 0.4) is 0 Å². The van der Waals surface area contributed by atoms with Crippen LogP contribution in [0.15, 0.2) is 54.6 Å². The highest BCUT2D eigenvalue weighted by Gasteiger charge is 2.47. The van der Waals surface area contributed by atoms with Gasteiger partial charge in [-0.25, -0.2) is 0 Å². The molecular weight excluding hydrogens is 431 g/mol. The molecule has 1 saturated heterocycles. The number of aliphatic hydroxyl groups is 1. The molecule has 0 bridgehead atoms. The SMILES string of the molecule is Cc1ccc(CN2CCN(CC(=O)C(O)(c3ccccc3)C3CCC3)CC2)cc1.Cl.Cl. The maximum Gasteiger partial charge on any atom is 0.183 e. The van der Waals surface area contributed by atoms with Crippen molar-refractivity contribution in [3.63, 3.8) is 0 Å². The molecule has 4 nitrogen and oxygen atoms in total. The minimum atomic E-state index is -1.33. The van der Waals surface area contributed by atoms with E-state index in [1.807, 2.05) is 30.3 Å². The van der Waals surface area contributed by atoms with Crippen molar-refractivity contribution in [2.75, 3.05) is 32.7 Å². The van der Waals surface area contributed by atoms with E-state index in [0.29, 0.717) is 6.54 Å². The van der Waals surface area contributed by atoms with Gasteiger partial charge in [-0.2, -0.15) is 0 Å². The van der Waals surface area contributed by atoms with Crippen molar-refractivity contribution in [2.24, 2.45) is 5.92 Å². The van der Waals surface area contributed by atoms with Gasteiger partial charge in [-0.05, 0) is 36.8 Å². The predicted octanol–water partition coefficient (Wildman–Crippen LogP) is 4.21. The molecule has 1 atom stereocenters. The van der Waals surface area contributed by atoms with Crippen LogP contribution in [0.4, 0.5) is 0 Å². The van der Waals surface area contributed by atoms with Gasteiger partial charge in [0.25, 0.3) is 0 Å². The number of Topliss-reactive ketones (excluding diaryl/α,β-unsaturated/α-hetero) is 1. The predicted molar refractivity (Wildman–Crippen MR) is 130 cm³/mol. The van der Waals surface area contributed by atoms with Crippen molar-refractivity contribution in [1.82, 2.24) is 9.80 Å². The van der Waals surface area contributed by atoms with E-state index in [-0.39, 0.29) is 36.5 Å². The number of benzene rings is 2. The topological polar surface area (TPSA) is 43.8 Å². The molecule has 2 aromatic rings. The average Bonchev–Trinajstić information content (AvgIpc) is 2.70. The van der Waals surface area contributed by atoms with Gasteiger partial charge >= 0.3 is 0 Å². The van der Waals surface area contributed by atoms with E-state index in [1.165, 1.54) is 11.1 Å². The van der Waals surface area contributed by atoms with Gasteiger partial charge in [-0.1, -0.05) is 66.6 Å². The van der Waals surface area contributed by atoms with E-state index in [4.69, 9.17) is 0 Å². The number of nitrogens with zero attached hydrogens (tertiary/aromatic N) is 2. The molecule has 2 aliphatic rings. The lowest BCUT2D eigenvalue weighted by Gasteiger charge is -2.42. The molecule has 1 N–H and O–H groups in total. The quantitative estimate of drug-likeness (QED) is 0.666. The third kappa shape index (κ3) is 5.88. The highest BCUT2D eigenvalue weighted by molar-refractivity contribution is 5.90. The van der Waals surface area contributed by atoms with E-state index < -0.39 is 5.60 Å². The highest BCUT2D eigenvalue weighted by atomic mass is 35.5. The van der Waals surface area contributed by atoms with Crippen LogP contribution < -0.4 is 0 Å². The van der Waals surface area contributed by atoms with E-state index >= 15 is 0 Å². The fraction of sp³-hybridized carbons (Fsp3) is 0.480. The Morgan fingerprint density at radius 1 is 0.935 bits per heavy atom. The Balaban J connectivity index is 0.00000171. The first-order chi connectivity index (χ1) is 14.1. The van der Waals surface area contributed by atoms with Crippen molar-refractivity contribution < 1.29 is 9.90 Å². The zero-order valence-corrected chi connectivity index (χ0v) is 19.8.